The van der Waals surface area contributed by atoms with Gasteiger partial charge in [0.1, 0.15) is 11.2 Å². The monoisotopic (exact) mass is 724 g/mol. The van der Waals surface area contributed by atoms with Crippen LogP contribution in [0.5, 0.6) is 0 Å². The fraction of sp³-hybridized carbons (Fsp3) is 0.467. The number of thiophene rings is 2. The summed E-state index contributed by atoms with van der Waals surface area (Å²) in [6, 6.07) is 9.00. The lowest BCUT2D eigenvalue weighted by Crippen LogP contribution is -2.36. The summed E-state index contributed by atoms with van der Waals surface area (Å²) in [6.07, 6.45) is -1.15. The van der Waals surface area contributed by atoms with Crippen LogP contribution in [0.15, 0.2) is 62.8 Å². The van der Waals surface area contributed by atoms with Gasteiger partial charge in [0.15, 0.2) is 0 Å². The van der Waals surface area contributed by atoms with Gasteiger partial charge >= 0.3 is 12.2 Å². The van der Waals surface area contributed by atoms with Crippen molar-refractivity contribution in [2.45, 2.75) is 76.6 Å². The Morgan fingerprint density at radius 3 is 1.62 bits per heavy atom. The van der Waals surface area contributed by atoms with Gasteiger partial charge in [0, 0.05) is 0 Å². The summed E-state index contributed by atoms with van der Waals surface area (Å²) < 4.78 is 40.3. The number of carbonyl (C=O) groups excluding carboxylic acids is 2. The highest BCUT2D eigenvalue weighted by Crippen LogP contribution is 2.21. The molecule has 2 unspecified atom stereocenters. The summed E-state index contributed by atoms with van der Waals surface area (Å²) >= 11 is 12.5. The molecule has 252 valence electrons. The smallest absolute Gasteiger partial charge is 0.408 e. The van der Waals surface area contributed by atoms with E-state index in [2.05, 4.69) is 10.6 Å². The zero-order valence-electron chi connectivity index (χ0n) is 26.3. The highest BCUT2D eigenvalue weighted by molar-refractivity contribution is 7.86. The molecule has 45 heavy (non-hydrogen) atoms. The Kier molecular flexibility index (Phi) is 17.4. The molecule has 2 atom stereocenters. The second-order valence-electron chi connectivity index (χ2n) is 11.3. The van der Waals surface area contributed by atoms with Gasteiger partial charge in [-0.05, 0) is 105 Å². The third-order valence-corrected chi connectivity index (χ3v) is 7.85. The van der Waals surface area contributed by atoms with E-state index in [1.165, 1.54) is 34.8 Å². The minimum absolute atomic E-state index is 0.0736. The van der Waals surface area contributed by atoms with Gasteiger partial charge in [0.05, 0.1) is 35.5 Å². The van der Waals surface area contributed by atoms with E-state index in [1.807, 2.05) is 34.5 Å². The number of aliphatic hydroxyl groups excluding tert-OH is 1. The van der Waals surface area contributed by atoms with E-state index in [9.17, 15) is 23.1 Å². The van der Waals surface area contributed by atoms with Gasteiger partial charge in [-0.25, -0.2) is 9.59 Å². The van der Waals surface area contributed by atoms with Crippen LogP contribution in [0, 0.1) is 6.92 Å². The van der Waals surface area contributed by atoms with Gasteiger partial charge in [-0.1, -0.05) is 17.7 Å². The summed E-state index contributed by atoms with van der Waals surface area (Å²) in [5.74, 6) is 0. The highest BCUT2D eigenvalue weighted by Gasteiger charge is 2.24. The number of amides is 2. The van der Waals surface area contributed by atoms with Crippen LogP contribution in [-0.2, 0) is 23.8 Å². The van der Waals surface area contributed by atoms with Crippen molar-refractivity contribution in [3.63, 3.8) is 0 Å². The molecule has 0 aliphatic rings. The molecule has 0 radical (unpaired) electrons. The molecule has 0 saturated heterocycles. The van der Waals surface area contributed by atoms with E-state index in [0.29, 0.717) is 0 Å². The first-order valence-corrected chi connectivity index (χ1v) is 18.0. The number of alkyl carbamates (subject to hydrolysis) is 2. The van der Waals surface area contributed by atoms with E-state index < -0.39 is 45.6 Å². The summed E-state index contributed by atoms with van der Waals surface area (Å²) in [7, 11) is -3.92. The molecular formula is C30H42Cl2N2O8S3. The summed E-state index contributed by atoms with van der Waals surface area (Å²) in [6.45, 7) is 12.2. The Bertz CT molecular complexity index is 1370. The maximum absolute atomic E-state index is 12.4. The van der Waals surface area contributed by atoms with Crippen LogP contribution >= 0.6 is 45.9 Å². The quantitative estimate of drug-likeness (QED) is 0.150. The molecule has 2 heterocycles. The largest absolute Gasteiger partial charge is 0.444 e. The number of rotatable bonds is 9. The fourth-order valence-corrected chi connectivity index (χ4v) is 5.58. The number of halogens is 2. The lowest BCUT2D eigenvalue weighted by atomic mass is 10.1. The third-order valence-electron chi connectivity index (χ3n) is 5.16. The molecular weight excluding hydrogens is 683 g/mol. The van der Waals surface area contributed by atoms with E-state index in [0.717, 1.165) is 16.7 Å². The Labute approximate surface area is 284 Å². The molecule has 0 saturated carbocycles. The molecule has 2 aromatic heterocycles. The maximum atomic E-state index is 12.4. The summed E-state index contributed by atoms with van der Waals surface area (Å²) in [4.78, 5) is 23.6. The van der Waals surface area contributed by atoms with Crippen LogP contribution in [0.1, 0.15) is 70.3 Å². The normalized spacial score (nSPS) is 12.8. The standard InChI is InChI=1S/C18H23NO5S2.C11H17NO3S.CH2Cl2/c1-13-5-7-15(8-6-13)26(21,22)23-11-16(14-9-10-25-12-14)19-17(20)24-18(2,3)4;1-11(2,3)15-10(14)12-9(6-13)8-4-5-16-7-8;2-1-3/h5-10,12,16H,11H2,1-4H3,(H,19,20);4-5,7,9,13H,6H2,1-3H3,(H,12,14);1H2. The number of nitrogens with one attached hydrogen (secondary N) is 2. The zero-order chi connectivity index (χ0) is 34.3. The van der Waals surface area contributed by atoms with Gasteiger partial charge in [0.2, 0.25) is 0 Å². The average Bonchev–Trinajstić information content (AvgIpc) is 3.64. The molecule has 0 fully saturated rings. The first kappa shape index (κ1) is 40.6. The fourth-order valence-electron chi connectivity index (χ4n) is 3.23. The highest BCUT2D eigenvalue weighted by atomic mass is 35.5. The SMILES string of the molecule is CC(C)(C)OC(=O)NC(CO)c1ccsc1.Cc1ccc(S(=O)(=O)OCC(NC(=O)OC(C)(C)C)c2ccsc2)cc1.ClCCl. The number of aryl methyl sites for hydroxylation is 1. The minimum Gasteiger partial charge on any atom is -0.444 e. The van der Waals surface area contributed by atoms with Crippen molar-refractivity contribution in [2.75, 3.05) is 18.6 Å². The second kappa shape index (κ2) is 19.3. The van der Waals surface area contributed by atoms with Gasteiger partial charge in [-0.2, -0.15) is 31.1 Å². The molecule has 10 nitrogen and oxygen atoms in total. The molecule has 15 heteroatoms. The molecule has 2 amide bonds. The molecule has 0 spiro atoms. The summed E-state index contributed by atoms with van der Waals surface area (Å²) in [5, 5.41) is 22.1. The molecule has 3 aromatic rings. The number of carbonyl (C=O) groups is 2. The number of benzene rings is 1. The number of hydrogen-bond acceptors (Lipinski definition) is 10. The number of alkyl halides is 2. The number of ether oxygens (including phenoxy) is 2. The van der Waals surface area contributed by atoms with Gasteiger partial charge in [-0.15, -0.1) is 23.2 Å². The Morgan fingerprint density at radius 1 is 0.822 bits per heavy atom. The van der Waals surface area contributed by atoms with E-state index >= 15 is 0 Å². The van der Waals surface area contributed by atoms with Crippen molar-refractivity contribution in [3.8, 4) is 0 Å². The zero-order valence-corrected chi connectivity index (χ0v) is 30.3. The van der Waals surface area contributed by atoms with Crippen molar-refractivity contribution in [2.24, 2.45) is 0 Å². The average molecular weight is 726 g/mol. The Balaban J connectivity index is 0.000000455. The third kappa shape index (κ3) is 17.2. The van der Waals surface area contributed by atoms with Crippen molar-refractivity contribution >= 4 is 68.2 Å². The first-order chi connectivity index (χ1) is 20.9. The van der Waals surface area contributed by atoms with Crippen LogP contribution in [-0.4, -0.2) is 55.5 Å². The maximum Gasteiger partial charge on any atom is 0.408 e. The van der Waals surface area contributed by atoms with Gasteiger partial charge < -0.3 is 25.2 Å². The van der Waals surface area contributed by atoms with E-state index in [-0.39, 0.29) is 23.4 Å². The Morgan fingerprint density at radius 2 is 1.24 bits per heavy atom. The van der Waals surface area contributed by atoms with Gasteiger partial charge in [0.25, 0.3) is 10.1 Å². The van der Waals surface area contributed by atoms with Crippen LogP contribution in [0.25, 0.3) is 0 Å². The lowest BCUT2D eigenvalue weighted by molar-refractivity contribution is 0.0474. The number of aliphatic hydroxyl groups is 1. The van der Waals surface area contributed by atoms with Crippen LogP contribution in [0.4, 0.5) is 9.59 Å². The van der Waals surface area contributed by atoms with E-state index in [1.54, 1.807) is 59.7 Å². The van der Waals surface area contributed by atoms with Gasteiger partial charge in [-0.3, -0.25) is 4.18 Å². The molecule has 3 N–H and O–H groups in total. The first-order valence-electron chi connectivity index (χ1n) is 13.6. The molecule has 0 aliphatic carbocycles. The van der Waals surface area contributed by atoms with Crippen molar-refractivity contribution in [1.29, 1.82) is 0 Å². The van der Waals surface area contributed by atoms with Crippen molar-refractivity contribution < 1.29 is 36.8 Å². The lowest BCUT2D eigenvalue weighted by Gasteiger charge is -2.23. The molecule has 0 aliphatic heterocycles. The second-order valence-corrected chi connectivity index (χ2v) is 15.3. The predicted molar refractivity (Wildman–Crippen MR) is 181 cm³/mol. The van der Waals surface area contributed by atoms with E-state index in [4.69, 9.17) is 36.9 Å². The molecule has 3 rings (SSSR count). The minimum atomic E-state index is -3.92. The van der Waals surface area contributed by atoms with Crippen molar-refractivity contribution in [1.82, 2.24) is 10.6 Å². The van der Waals surface area contributed by atoms with Crippen LogP contribution in [0.2, 0.25) is 0 Å². The Hall–Kier alpha value is -2.39. The predicted octanol–water partition coefficient (Wildman–Crippen LogP) is 7.76. The molecule has 0 bridgehead atoms. The van der Waals surface area contributed by atoms with Crippen molar-refractivity contribution in [3.05, 3.63) is 74.6 Å². The van der Waals surface area contributed by atoms with Crippen LogP contribution in [0.3, 0.4) is 0 Å². The topological polar surface area (TPSA) is 140 Å². The van der Waals surface area contributed by atoms with Crippen LogP contribution < -0.4 is 10.6 Å². The molecule has 1 aromatic carbocycles. The number of hydrogen-bond donors (Lipinski definition) is 3. The summed E-state index contributed by atoms with van der Waals surface area (Å²) in [5.41, 5.74) is 1.40.